The van der Waals surface area contributed by atoms with E-state index in [2.05, 4.69) is 47.3 Å². The number of carbonyl (C=O) groups is 1. The van der Waals surface area contributed by atoms with E-state index in [0.717, 1.165) is 41.1 Å². The maximum absolute atomic E-state index is 11.1. The first-order valence-corrected chi connectivity index (χ1v) is 12.4. The fourth-order valence-corrected chi connectivity index (χ4v) is 4.94. The molecule has 0 radical (unpaired) electrons. The van der Waals surface area contributed by atoms with Gasteiger partial charge in [0.25, 0.3) is 5.89 Å². The quantitative estimate of drug-likeness (QED) is 0.346. The lowest BCUT2D eigenvalue weighted by molar-refractivity contribution is -0.124. The Bertz CT molecular complexity index is 1120. The van der Waals surface area contributed by atoms with Crippen LogP contribution in [0.25, 0.3) is 22.2 Å². The molecule has 1 aromatic carbocycles. The predicted molar refractivity (Wildman–Crippen MR) is 135 cm³/mol. The van der Waals surface area contributed by atoms with Crippen LogP contribution in [0.3, 0.4) is 0 Å². The Balaban J connectivity index is 1.70. The minimum atomic E-state index is -0.898. The number of nitrogens with zero attached hydrogens (tertiary/aromatic N) is 3. The second-order valence-electron chi connectivity index (χ2n) is 8.74. The van der Waals surface area contributed by atoms with Gasteiger partial charge in [-0.05, 0) is 75.7 Å². The van der Waals surface area contributed by atoms with Crippen LogP contribution in [0.2, 0.25) is 0 Å². The van der Waals surface area contributed by atoms with E-state index in [0.29, 0.717) is 17.5 Å². The van der Waals surface area contributed by atoms with Gasteiger partial charge in [-0.3, -0.25) is 4.79 Å². The monoisotopic (exact) mass is 502 g/mol. The third-order valence-electron chi connectivity index (χ3n) is 5.49. The number of aliphatic hydroxyl groups excluding tert-OH is 2. The van der Waals surface area contributed by atoms with E-state index in [1.807, 2.05) is 26.0 Å². The van der Waals surface area contributed by atoms with E-state index >= 15 is 0 Å². The van der Waals surface area contributed by atoms with Crippen LogP contribution in [0.5, 0.6) is 5.75 Å². The van der Waals surface area contributed by atoms with Crippen molar-refractivity contribution >= 4 is 17.2 Å². The van der Waals surface area contributed by atoms with Gasteiger partial charge in [0.05, 0.1) is 4.88 Å². The van der Waals surface area contributed by atoms with Crippen LogP contribution in [0.15, 0.2) is 22.7 Å². The maximum atomic E-state index is 11.1. The van der Waals surface area contributed by atoms with Crippen molar-refractivity contribution in [1.29, 1.82) is 0 Å². The molecule has 0 fully saturated rings. The molecule has 190 valence electrons. The van der Waals surface area contributed by atoms with Crippen molar-refractivity contribution in [1.82, 2.24) is 20.4 Å². The van der Waals surface area contributed by atoms with Crippen LogP contribution in [-0.2, 0) is 11.3 Å². The zero-order valence-electron chi connectivity index (χ0n) is 20.9. The average Bonchev–Trinajstić information content (AvgIpc) is 3.44. The number of hydrogen-bond donors (Lipinski definition) is 3. The third-order valence-corrected chi connectivity index (χ3v) is 6.70. The van der Waals surface area contributed by atoms with Gasteiger partial charge in [-0.1, -0.05) is 12.1 Å². The molecule has 9 nitrogen and oxygen atoms in total. The first kappa shape index (κ1) is 26.8. The highest BCUT2D eigenvalue weighted by molar-refractivity contribution is 7.15. The third kappa shape index (κ3) is 7.11. The molecule has 0 bridgehead atoms. The minimum Gasteiger partial charge on any atom is -0.490 e. The number of benzene rings is 1. The van der Waals surface area contributed by atoms with Crippen molar-refractivity contribution in [3.63, 3.8) is 0 Å². The SMILES string of the molecule is CCCN(C)Cc1sc(-c2nc(-c3cc(C)c(OCC(O)CNC(=O)CO)c(C)c3)no2)cc1C. The summed E-state index contributed by atoms with van der Waals surface area (Å²) in [5, 5.41) is 25.4. The van der Waals surface area contributed by atoms with Gasteiger partial charge in [-0.25, -0.2) is 0 Å². The molecule has 0 saturated heterocycles. The highest BCUT2D eigenvalue weighted by Gasteiger charge is 2.18. The van der Waals surface area contributed by atoms with Gasteiger partial charge < -0.3 is 29.7 Å². The van der Waals surface area contributed by atoms with Gasteiger partial charge in [0.2, 0.25) is 11.7 Å². The molecule has 0 saturated carbocycles. The van der Waals surface area contributed by atoms with Crippen LogP contribution in [0.1, 0.15) is 34.9 Å². The Morgan fingerprint density at radius 3 is 2.60 bits per heavy atom. The first-order valence-electron chi connectivity index (χ1n) is 11.6. The van der Waals surface area contributed by atoms with Crippen molar-refractivity contribution in [2.75, 3.05) is 33.4 Å². The molecule has 1 amide bonds. The average molecular weight is 503 g/mol. The number of nitrogens with one attached hydrogen (secondary N) is 1. The molecule has 0 aliphatic rings. The van der Waals surface area contributed by atoms with Crippen molar-refractivity contribution in [2.45, 2.75) is 46.8 Å². The van der Waals surface area contributed by atoms with E-state index in [4.69, 9.17) is 14.4 Å². The summed E-state index contributed by atoms with van der Waals surface area (Å²) in [5.74, 6) is 1.11. The molecule has 10 heteroatoms. The highest BCUT2D eigenvalue weighted by atomic mass is 32.1. The molecular formula is C25H34N4O5S. The van der Waals surface area contributed by atoms with Crippen LogP contribution in [-0.4, -0.2) is 70.6 Å². The van der Waals surface area contributed by atoms with Crippen molar-refractivity contribution in [3.8, 4) is 27.9 Å². The summed E-state index contributed by atoms with van der Waals surface area (Å²) in [6, 6.07) is 5.93. The van der Waals surface area contributed by atoms with E-state index in [1.165, 1.54) is 10.4 Å². The van der Waals surface area contributed by atoms with Gasteiger partial charge in [0.1, 0.15) is 25.1 Å². The number of aliphatic hydroxyl groups is 2. The van der Waals surface area contributed by atoms with Gasteiger partial charge >= 0.3 is 0 Å². The van der Waals surface area contributed by atoms with E-state index in [9.17, 15) is 9.90 Å². The number of carbonyl (C=O) groups excluding carboxylic acids is 1. The molecule has 1 unspecified atom stereocenters. The Hall–Kier alpha value is -2.79. The Kier molecular flexibility index (Phi) is 9.39. The normalized spacial score (nSPS) is 12.2. The summed E-state index contributed by atoms with van der Waals surface area (Å²) >= 11 is 1.68. The van der Waals surface area contributed by atoms with E-state index in [1.54, 1.807) is 11.3 Å². The van der Waals surface area contributed by atoms with Gasteiger partial charge in [0.15, 0.2) is 0 Å². The number of ether oxygens (including phenoxy) is 1. The molecule has 1 atom stereocenters. The number of rotatable bonds is 12. The number of hydrogen-bond acceptors (Lipinski definition) is 9. The zero-order valence-corrected chi connectivity index (χ0v) is 21.7. The van der Waals surface area contributed by atoms with Crippen LogP contribution >= 0.6 is 11.3 Å². The van der Waals surface area contributed by atoms with Crippen molar-refractivity contribution < 1.29 is 24.3 Å². The summed E-state index contributed by atoms with van der Waals surface area (Å²) in [5.41, 5.74) is 3.77. The topological polar surface area (TPSA) is 121 Å². The summed E-state index contributed by atoms with van der Waals surface area (Å²) in [6.07, 6.45) is 0.219. The van der Waals surface area contributed by atoms with Gasteiger partial charge in [-0.2, -0.15) is 4.98 Å². The first-order chi connectivity index (χ1) is 16.7. The molecule has 2 aromatic heterocycles. The number of thiophene rings is 1. The Morgan fingerprint density at radius 1 is 1.23 bits per heavy atom. The summed E-state index contributed by atoms with van der Waals surface area (Å²) in [4.78, 5) is 20.3. The second kappa shape index (κ2) is 12.3. The lowest BCUT2D eigenvalue weighted by atomic mass is 10.1. The second-order valence-corrected chi connectivity index (χ2v) is 9.88. The lowest BCUT2D eigenvalue weighted by Crippen LogP contribution is -2.36. The summed E-state index contributed by atoms with van der Waals surface area (Å²) < 4.78 is 11.4. The number of aromatic nitrogens is 2. The Labute approximate surface area is 209 Å². The fraction of sp³-hybridized carbons (Fsp3) is 0.480. The molecule has 35 heavy (non-hydrogen) atoms. The lowest BCUT2D eigenvalue weighted by Gasteiger charge is -2.16. The molecule has 3 N–H and O–H groups in total. The van der Waals surface area contributed by atoms with Crippen LogP contribution < -0.4 is 10.1 Å². The van der Waals surface area contributed by atoms with Gasteiger partial charge in [0, 0.05) is 23.5 Å². The standard InChI is InChI=1S/C25H34N4O5S/c1-6-7-29(5)12-21-15(2)10-20(35-21)25-27-24(28-34-25)18-8-16(3)23(17(4)9-18)33-14-19(31)11-26-22(32)13-30/h8-10,19,30-31H,6-7,11-14H2,1-5H3,(H,26,32). The number of aryl methyl sites for hydroxylation is 3. The van der Waals surface area contributed by atoms with E-state index in [-0.39, 0.29) is 13.2 Å². The van der Waals surface area contributed by atoms with Crippen LogP contribution in [0, 0.1) is 20.8 Å². The smallest absolute Gasteiger partial charge is 0.268 e. The maximum Gasteiger partial charge on any atom is 0.268 e. The zero-order chi connectivity index (χ0) is 25.5. The molecule has 3 rings (SSSR count). The highest BCUT2D eigenvalue weighted by Crippen LogP contribution is 2.34. The molecule has 3 aromatic rings. The molecular weight excluding hydrogens is 468 g/mol. The van der Waals surface area contributed by atoms with Crippen LogP contribution in [0.4, 0.5) is 0 Å². The van der Waals surface area contributed by atoms with Gasteiger partial charge in [-0.15, -0.1) is 11.3 Å². The molecule has 0 aliphatic carbocycles. The Morgan fingerprint density at radius 2 is 1.94 bits per heavy atom. The molecule has 0 aliphatic heterocycles. The fourth-order valence-electron chi connectivity index (χ4n) is 3.76. The summed E-state index contributed by atoms with van der Waals surface area (Å²) in [6.45, 7) is 9.44. The predicted octanol–water partition coefficient (Wildman–Crippen LogP) is 3.08. The minimum absolute atomic E-state index is 0.00000823. The largest absolute Gasteiger partial charge is 0.490 e. The van der Waals surface area contributed by atoms with Crippen molar-refractivity contribution in [2.24, 2.45) is 0 Å². The number of amides is 1. The molecule has 2 heterocycles. The molecule has 0 spiro atoms. The van der Waals surface area contributed by atoms with Crippen molar-refractivity contribution in [3.05, 3.63) is 39.8 Å². The van der Waals surface area contributed by atoms with E-state index < -0.39 is 18.6 Å². The summed E-state index contributed by atoms with van der Waals surface area (Å²) in [7, 11) is 2.13.